The first kappa shape index (κ1) is 21.0. The van der Waals surface area contributed by atoms with Crippen LogP contribution in [0.3, 0.4) is 0 Å². The van der Waals surface area contributed by atoms with E-state index in [0.29, 0.717) is 29.3 Å². The Hall–Kier alpha value is -2.71. The van der Waals surface area contributed by atoms with Crippen LogP contribution >= 0.6 is 0 Å². The molecule has 0 unspecified atom stereocenters. The third kappa shape index (κ3) is 4.18. The predicted octanol–water partition coefficient (Wildman–Crippen LogP) is 2.57. The summed E-state index contributed by atoms with van der Waals surface area (Å²) in [4.78, 5) is 17.5. The van der Waals surface area contributed by atoms with Crippen LogP contribution in [0, 0.1) is 0 Å². The molecule has 0 bridgehead atoms. The number of carbonyl (C=O) groups excluding carboxylic acids is 1. The Morgan fingerprint density at radius 2 is 1.79 bits per heavy atom. The molecule has 2 aromatic rings. The second kappa shape index (κ2) is 8.34. The first-order valence-corrected chi connectivity index (χ1v) is 10.6. The van der Waals surface area contributed by atoms with Crippen LogP contribution in [-0.2, 0) is 16.4 Å². The third-order valence-corrected chi connectivity index (χ3v) is 6.68. The van der Waals surface area contributed by atoms with E-state index in [-0.39, 0.29) is 17.1 Å². The molecule has 1 heterocycles. The third-order valence-electron chi connectivity index (χ3n) is 4.87. The lowest BCUT2D eigenvalue weighted by Crippen LogP contribution is -2.22. The number of methoxy groups -OCH3 is 2. The van der Waals surface area contributed by atoms with E-state index in [1.165, 1.54) is 26.2 Å². The molecule has 3 rings (SSSR count). The number of Topliss-reactive ketones (excluding diaryl/α,β-unsaturated/α-hetero) is 1. The second-order valence-corrected chi connectivity index (χ2v) is 9.01. The van der Waals surface area contributed by atoms with Crippen LogP contribution < -0.4 is 9.47 Å². The smallest absolute Gasteiger partial charge is 0.242 e. The predicted molar refractivity (Wildman–Crippen MR) is 111 cm³/mol. The van der Waals surface area contributed by atoms with Crippen molar-refractivity contribution in [2.24, 2.45) is 4.99 Å². The van der Waals surface area contributed by atoms with Crippen molar-refractivity contribution in [1.29, 1.82) is 0 Å². The van der Waals surface area contributed by atoms with E-state index in [0.717, 1.165) is 21.9 Å². The number of nitrogens with zero attached hydrogens (tertiary/aromatic N) is 2. The number of fused-ring (bicyclic) bond motifs is 1. The molecule has 0 amide bonds. The van der Waals surface area contributed by atoms with E-state index in [1.807, 2.05) is 12.1 Å². The number of ether oxygens (including phenoxy) is 2. The summed E-state index contributed by atoms with van der Waals surface area (Å²) in [7, 11) is 2.45. The van der Waals surface area contributed by atoms with Gasteiger partial charge in [0, 0.05) is 31.8 Å². The van der Waals surface area contributed by atoms with Crippen LogP contribution in [0.15, 0.2) is 46.3 Å². The molecular formula is C21H24N2O5S. The fourth-order valence-electron chi connectivity index (χ4n) is 3.24. The number of aliphatic imine (C=N–C) groups is 1. The summed E-state index contributed by atoms with van der Waals surface area (Å²) in [5.74, 6) is 1.02. The van der Waals surface area contributed by atoms with Gasteiger partial charge in [0.1, 0.15) is 0 Å². The molecule has 0 fully saturated rings. The van der Waals surface area contributed by atoms with Crippen molar-refractivity contribution in [3.8, 4) is 11.5 Å². The molecule has 0 saturated carbocycles. The molecule has 7 nitrogen and oxygen atoms in total. The van der Waals surface area contributed by atoms with Crippen LogP contribution in [0.4, 0.5) is 0 Å². The van der Waals surface area contributed by atoms with Crippen LogP contribution in [0.5, 0.6) is 11.5 Å². The quantitative estimate of drug-likeness (QED) is 0.648. The van der Waals surface area contributed by atoms with Crippen molar-refractivity contribution in [1.82, 2.24) is 4.31 Å². The largest absolute Gasteiger partial charge is 0.493 e. The number of hydrogen-bond acceptors (Lipinski definition) is 6. The zero-order valence-corrected chi connectivity index (χ0v) is 17.7. The molecule has 0 radical (unpaired) electrons. The molecular weight excluding hydrogens is 392 g/mol. The molecule has 1 aliphatic rings. The zero-order chi connectivity index (χ0) is 21.2. The van der Waals surface area contributed by atoms with Crippen molar-refractivity contribution >= 4 is 21.5 Å². The molecule has 2 aromatic carbocycles. The van der Waals surface area contributed by atoms with Gasteiger partial charge in [-0.05, 0) is 36.2 Å². The maximum absolute atomic E-state index is 12.9. The molecule has 8 heteroatoms. The standard InChI is InChI=1S/C21H24N2O5S/c1-23(2)29(25,26)16-7-5-6-15(10-16)19(24)13-18-17-12-21(28-4)20(27-3)11-14(17)8-9-22-18/h5-7,10-12H,8-9,13H2,1-4H3. The van der Waals surface area contributed by atoms with Gasteiger partial charge < -0.3 is 9.47 Å². The lowest BCUT2D eigenvalue weighted by molar-refractivity contribution is 0.100. The first-order chi connectivity index (χ1) is 13.8. The fourth-order valence-corrected chi connectivity index (χ4v) is 4.19. The van der Waals surface area contributed by atoms with Gasteiger partial charge in [-0.2, -0.15) is 0 Å². The monoisotopic (exact) mass is 416 g/mol. The molecule has 0 saturated heterocycles. The van der Waals surface area contributed by atoms with E-state index in [9.17, 15) is 13.2 Å². The van der Waals surface area contributed by atoms with Crippen LogP contribution in [0.25, 0.3) is 0 Å². The van der Waals surface area contributed by atoms with Crippen molar-refractivity contribution in [3.63, 3.8) is 0 Å². The average molecular weight is 416 g/mol. The minimum atomic E-state index is -3.61. The van der Waals surface area contributed by atoms with E-state index in [4.69, 9.17) is 9.47 Å². The topological polar surface area (TPSA) is 85.3 Å². The number of benzene rings is 2. The highest BCUT2D eigenvalue weighted by molar-refractivity contribution is 7.89. The van der Waals surface area contributed by atoms with Gasteiger partial charge in [0.15, 0.2) is 17.3 Å². The highest BCUT2D eigenvalue weighted by Gasteiger charge is 2.23. The second-order valence-electron chi connectivity index (χ2n) is 6.86. The molecule has 0 aromatic heterocycles. The number of sulfonamides is 1. The van der Waals surface area contributed by atoms with Gasteiger partial charge in [0.25, 0.3) is 0 Å². The lowest BCUT2D eigenvalue weighted by Gasteiger charge is -2.19. The van der Waals surface area contributed by atoms with E-state index in [2.05, 4.69) is 4.99 Å². The molecule has 0 aliphatic carbocycles. The van der Waals surface area contributed by atoms with Gasteiger partial charge in [0.05, 0.1) is 31.2 Å². The minimum Gasteiger partial charge on any atom is -0.493 e. The van der Waals surface area contributed by atoms with E-state index in [1.54, 1.807) is 26.4 Å². The summed E-state index contributed by atoms with van der Waals surface area (Å²) in [6.45, 7) is 0.583. The molecule has 1 aliphatic heterocycles. The number of ketones is 1. The summed E-state index contributed by atoms with van der Waals surface area (Å²) in [6, 6.07) is 9.85. The Balaban J connectivity index is 1.91. The Kier molecular flexibility index (Phi) is 6.04. The normalized spacial score (nSPS) is 13.6. The highest BCUT2D eigenvalue weighted by Crippen LogP contribution is 2.33. The summed E-state index contributed by atoms with van der Waals surface area (Å²) in [6.07, 6.45) is 0.831. The van der Waals surface area contributed by atoms with Gasteiger partial charge in [-0.3, -0.25) is 9.79 Å². The fraction of sp³-hybridized carbons (Fsp3) is 0.333. The summed E-state index contributed by atoms with van der Waals surface area (Å²) in [5.41, 5.74) is 2.91. The van der Waals surface area contributed by atoms with Gasteiger partial charge in [-0.1, -0.05) is 12.1 Å². The SMILES string of the molecule is COc1cc2c(cc1OC)C(CC(=O)c1cccc(S(=O)(=O)N(C)C)c1)=NCC2. The highest BCUT2D eigenvalue weighted by atomic mass is 32.2. The Bertz CT molecular complexity index is 1070. The maximum atomic E-state index is 12.9. The first-order valence-electron chi connectivity index (χ1n) is 9.12. The van der Waals surface area contributed by atoms with Gasteiger partial charge in [-0.25, -0.2) is 12.7 Å². The molecule has 0 spiro atoms. The number of rotatable bonds is 7. The Morgan fingerprint density at radius 3 is 2.45 bits per heavy atom. The molecule has 0 N–H and O–H groups in total. The van der Waals surface area contributed by atoms with Crippen molar-refractivity contribution in [2.75, 3.05) is 34.9 Å². The van der Waals surface area contributed by atoms with Crippen LogP contribution in [-0.4, -0.2) is 59.1 Å². The Morgan fingerprint density at radius 1 is 1.10 bits per heavy atom. The summed E-state index contributed by atoms with van der Waals surface area (Å²) < 4.78 is 36.6. The van der Waals surface area contributed by atoms with Crippen LogP contribution in [0.1, 0.15) is 27.9 Å². The van der Waals surface area contributed by atoms with Gasteiger partial charge in [-0.15, -0.1) is 0 Å². The van der Waals surface area contributed by atoms with Crippen molar-refractivity contribution in [3.05, 3.63) is 53.1 Å². The summed E-state index contributed by atoms with van der Waals surface area (Å²) >= 11 is 0. The summed E-state index contributed by atoms with van der Waals surface area (Å²) in [5, 5.41) is 0. The zero-order valence-electron chi connectivity index (χ0n) is 16.9. The molecule has 0 atom stereocenters. The average Bonchev–Trinajstić information content (AvgIpc) is 2.72. The number of hydrogen-bond donors (Lipinski definition) is 0. The van der Waals surface area contributed by atoms with Crippen molar-refractivity contribution < 1.29 is 22.7 Å². The molecule has 29 heavy (non-hydrogen) atoms. The minimum absolute atomic E-state index is 0.0773. The number of carbonyl (C=O) groups is 1. The van der Waals surface area contributed by atoms with E-state index >= 15 is 0 Å². The van der Waals surface area contributed by atoms with Gasteiger partial charge in [0.2, 0.25) is 10.0 Å². The van der Waals surface area contributed by atoms with Crippen LogP contribution in [0.2, 0.25) is 0 Å². The lowest BCUT2D eigenvalue weighted by atomic mass is 9.93. The van der Waals surface area contributed by atoms with Crippen molar-refractivity contribution in [2.45, 2.75) is 17.7 Å². The van der Waals surface area contributed by atoms with E-state index < -0.39 is 10.0 Å². The van der Waals surface area contributed by atoms with Gasteiger partial charge >= 0.3 is 0 Å². The molecule has 154 valence electrons. The Labute approximate surface area is 171 Å². The maximum Gasteiger partial charge on any atom is 0.242 e.